The SMILES string of the molecule is OC1(CNCC2C3CC4CC(C3)CC2C4)CCCC1. The van der Waals surface area contributed by atoms with Gasteiger partial charge < -0.3 is 10.4 Å². The molecule has 0 saturated heterocycles. The van der Waals surface area contributed by atoms with Crippen LogP contribution in [0, 0.1) is 29.6 Å². The zero-order valence-electron chi connectivity index (χ0n) is 12.1. The fourth-order valence-electron chi connectivity index (χ4n) is 6.05. The van der Waals surface area contributed by atoms with E-state index in [9.17, 15) is 5.11 Å². The van der Waals surface area contributed by atoms with Crippen LogP contribution in [-0.2, 0) is 0 Å². The summed E-state index contributed by atoms with van der Waals surface area (Å²) < 4.78 is 0. The van der Waals surface area contributed by atoms with Crippen molar-refractivity contribution in [3.05, 3.63) is 0 Å². The maximum Gasteiger partial charge on any atom is 0.0771 e. The van der Waals surface area contributed by atoms with Crippen LogP contribution in [0.15, 0.2) is 0 Å². The maximum absolute atomic E-state index is 10.4. The molecule has 5 aliphatic carbocycles. The predicted octanol–water partition coefficient (Wildman–Crippen LogP) is 2.95. The minimum absolute atomic E-state index is 0.369. The van der Waals surface area contributed by atoms with Crippen molar-refractivity contribution in [2.75, 3.05) is 13.1 Å². The van der Waals surface area contributed by atoms with Crippen LogP contribution in [0.4, 0.5) is 0 Å². The van der Waals surface area contributed by atoms with Gasteiger partial charge in [-0.1, -0.05) is 12.8 Å². The lowest BCUT2D eigenvalue weighted by atomic mass is 9.52. The van der Waals surface area contributed by atoms with E-state index in [1.54, 1.807) is 6.42 Å². The molecule has 4 bridgehead atoms. The number of hydrogen-bond acceptors (Lipinski definition) is 2. The molecule has 0 amide bonds. The lowest BCUT2D eigenvalue weighted by Crippen LogP contribution is -2.50. The zero-order chi connectivity index (χ0) is 12.9. The summed E-state index contributed by atoms with van der Waals surface area (Å²) in [7, 11) is 0. The second kappa shape index (κ2) is 4.73. The van der Waals surface area contributed by atoms with Crippen molar-refractivity contribution in [3.63, 3.8) is 0 Å². The van der Waals surface area contributed by atoms with Crippen LogP contribution in [0.1, 0.15) is 57.8 Å². The van der Waals surface area contributed by atoms with Gasteiger partial charge in [0.15, 0.2) is 0 Å². The molecule has 2 nitrogen and oxygen atoms in total. The summed E-state index contributed by atoms with van der Waals surface area (Å²) in [6, 6.07) is 0. The molecule has 19 heavy (non-hydrogen) atoms. The van der Waals surface area contributed by atoms with E-state index >= 15 is 0 Å². The van der Waals surface area contributed by atoms with E-state index < -0.39 is 0 Å². The second-order valence-corrected chi connectivity index (χ2v) is 8.16. The number of nitrogens with one attached hydrogen (secondary N) is 1. The van der Waals surface area contributed by atoms with Crippen LogP contribution in [0.5, 0.6) is 0 Å². The van der Waals surface area contributed by atoms with Crippen molar-refractivity contribution in [2.24, 2.45) is 29.6 Å². The largest absolute Gasteiger partial charge is 0.389 e. The molecule has 0 aromatic rings. The Kier molecular flexibility index (Phi) is 3.15. The van der Waals surface area contributed by atoms with Gasteiger partial charge in [-0.05, 0) is 81.1 Å². The smallest absolute Gasteiger partial charge is 0.0771 e. The molecule has 108 valence electrons. The van der Waals surface area contributed by atoms with E-state index in [4.69, 9.17) is 0 Å². The zero-order valence-corrected chi connectivity index (χ0v) is 12.1. The molecule has 0 aliphatic heterocycles. The lowest BCUT2D eigenvalue weighted by molar-refractivity contribution is -0.0382. The monoisotopic (exact) mass is 263 g/mol. The minimum Gasteiger partial charge on any atom is -0.389 e. The molecular weight excluding hydrogens is 234 g/mol. The first-order valence-electron chi connectivity index (χ1n) is 8.65. The summed E-state index contributed by atoms with van der Waals surface area (Å²) >= 11 is 0. The Labute approximate surface area is 117 Å². The quantitative estimate of drug-likeness (QED) is 0.817. The van der Waals surface area contributed by atoms with Crippen LogP contribution in [0.25, 0.3) is 0 Å². The summed E-state index contributed by atoms with van der Waals surface area (Å²) in [6.45, 7) is 2.02. The highest BCUT2D eigenvalue weighted by Gasteiger charge is 2.47. The first-order valence-corrected chi connectivity index (χ1v) is 8.65. The Morgan fingerprint density at radius 3 is 2.05 bits per heavy atom. The highest BCUT2D eigenvalue weighted by molar-refractivity contribution is 4.99. The maximum atomic E-state index is 10.4. The molecule has 5 rings (SSSR count). The normalized spacial score (nSPS) is 46.9. The van der Waals surface area contributed by atoms with E-state index in [1.807, 2.05) is 0 Å². The number of rotatable bonds is 4. The molecular formula is C17H29NO. The Morgan fingerprint density at radius 2 is 1.47 bits per heavy atom. The van der Waals surface area contributed by atoms with E-state index in [0.717, 1.165) is 49.0 Å². The number of aliphatic hydroxyl groups is 1. The van der Waals surface area contributed by atoms with Gasteiger partial charge in [0.1, 0.15) is 0 Å². The third kappa shape index (κ3) is 2.35. The van der Waals surface area contributed by atoms with E-state index in [-0.39, 0.29) is 5.60 Å². The average molecular weight is 263 g/mol. The highest BCUT2D eigenvalue weighted by atomic mass is 16.3. The van der Waals surface area contributed by atoms with Gasteiger partial charge in [-0.25, -0.2) is 0 Å². The predicted molar refractivity (Wildman–Crippen MR) is 76.8 cm³/mol. The van der Waals surface area contributed by atoms with Crippen LogP contribution in [0.3, 0.4) is 0 Å². The third-order valence-electron chi connectivity index (χ3n) is 6.79. The van der Waals surface area contributed by atoms with Crippen molar-refractivity contribution in [3.8, 4) is 0 Å². The molecule has 2 heteroatoms. The van der Waals surface area contributed by atoms with Gasteiger partial charge in [0.05, 0.1) is 5.60 Å². The summed E-state index contributed by atoms with van der Waals surface area (Å²) in [4.78, 5) is 0. The molecule has 5 aliphatic rings. The van der Waals surface area contributed by atoms with Crippen molar-refractivity contribution in [1.29, 1.82) is 0 Å². The molecule has 0 aromatic heterocycles. The van der Waals surface area contributed by atoms with E-state index in [0.29, 0.717) is 0 Å². The van der Waals surface area contributed by atoms with E-state index in [2.05, 4.69) is 5.32 Å². The van der Waals surface area contributed by atoms with Crippen molar-refractivity contribution in [2.45, 2.75) is 63.4 Å². The van der Waals surface area contributed by atoms with Crippen molar-refractivity contribution >= 4 is 0 Å². The molecule has 5 fully saturated rings. The molecule has 0 radical (unpaired) electrons. The Hall–Kier alpha value is -0.0800. The van der Waals surface area contributed by atoms with Gasteiger partial charge in [0.25, 0.3) is 0 Å². The van der Waals surface area contributed by atoms with Crippen molar-refractivity contribution in [1.82, 2.24) is 5.32 Å². The topological polar surface area (TPSA) is 32.3 Å². The fourth-order valence-corrected chi connectivity index (χ4v) is 6.05. The van der Waals surface area contributed by atoms with Gasteiger partial charge in [0, 0.05) is 6.54 Å². The standard InChI is InChI=1S/C17H29NO/c19-17(3-1-2-4-17)11-18-10-16-14-6-12-5-13(8-14)9-15(16)7-12/h12-16,18-19H,1-11H2. The molecule has 0 spiro atoms. The Balaban J connectivity index is 1.31. The van der Waals surface area contributed by atoms with Gasteiger partial charge in [-0.2, -0.15) is 0 Å². The Morgan fingerprint density at radius 1 is 0.895 bits per heavy atom. The molecule has 5 saturated carbocycles. The second-order valence-electron chi connectivity index (χ2n) is 8.16. The first kappa shape index (κ1) is 12.6. The minimum atomic E-state index is -0.369. The first-order chi connectivity index (χ1) is 9.22. The highest BCUT2D eigenvalue weighted by Crippen LogP contribution is 2.56. The lowest BCUT2D eigenvalue weighted by Gasteiger charge is -2.54. The summed E-state index contributed by atoms with van der Waals surface area (Å²) in [6.07, 6.45) is 12.1. The molecule has 0 aromatic carbocycles. The Bertz CT molecular complexity index is 306. The third-order valence-corrected chi connectivity index (χ3v) is 6.79. The van der Waals surface area contributed by atoms with Crippen molar-refractivity contribution < 1.29 is 5.11 Å². The molecule has 0 atom stereocenters. The van der Waals surface area contributed by atoms with Gasteiger partial charge in [-0.15, -0.1) is 0 Å². The van der Waals surface area contributed by atoms with Gasteiger partial charge in [-0.3, -0.25) is 0 Å². The number of hydrogen-bond donors (Lipinski definition) is 2. The molecule has 0 unspecified atom stereocenters. The summed E-state index contributed by atoms with van der Waals surface area (Å²) in [5.74, 6) is 5.12. The van der Waals surface area contributed by atoms with Gasteiger partial charge in [0.2, 0.25) is 0 Å². The van der Waals surface area contributed by atoms with E-state index in [1.165, 1.54) is 45.1 Å². The summed E-state index contributed by atoms with van der Waals surface area (Å²) in [5.41, 5.74) is -0.369. The van der Waals surface area contributed by atoms with Crippen LogP contribution in [-0.4, -0.2) is 23.8 Å². The van der Waals surface area contributed by atoms with Crippen LogP contribution < -0.4 is 5.32 Å². The average Bonchev–Trinajstić information content (AvgIpc) is 2.79. The fraction of sp³-hybridized carbons (Fsp3) is 1.00. The molecule has 2 N–H and O–H groups in total. The van der Waals surface area contributed by atoms with Gasteiger partial charge >= 0.3 is 0 Å². The van der Waals surface area contributed by atoms with Crippen LogP contribution in [0.2, 0.25) is 0 Å². The summed E-state index contributed by atoms with van der Waals surface area (Å²) in [5, 5.41) is 14.1. The molecule has 0 heterocycles. The van der Waals surface area contributed by atoms with Crippen LogP contribution >= 0.6 is 0 Å².